The van der Waals surface area contributed by atoms with Crippen LogP contribution in [0, 0.1) is 0 Å². The molecule has 0 spiro atoms. The fourth-order valence-corrected chi connectivity index (χ4v) is 5.07. The van der Waals surface area contributed by atoms with Crippen LogP contribution in [-0.4, -0.2) is 24.3 Å². The zero-order valence-corrected chi connectivity index (χ0v) is 28.6. The molecule has 2 aromatic rings. The summed E-state index contributed by atoms with van der Waals surface area (Å²) in [7, 11) is 0. The van der Waals surface area contributed by atoms with E-state index in [4.69, 9.17) is 10.5 Å². The van der Waals surface area contributed by atoms with Crippen LogP contribution in [0.25, 0.3) is 0 Å². The lowest BCUT2D eigenvalue weighted by Gasteiger charge is -2.14. The van der Waals surface area contributed by atoms with Crippen molar-refractivity contribution in [2.24, 2.45) is 5.73 Å². The molecule has 0 saturated heterocycles. The highest BCUT2D eigenvalue weighted by molar-refractivity contribution is 5.86. The van der Waals surface area contributed by atoms with Crippen molar-refractivity contribution >= 4 is 37.2 Å². The predicted molar refractivity (Wildman–Crippen MR) is 188 cm³/mol. The zero-order chi connectivity index (χ0) is 27.8. The number of hydrogen-bond donors (Lipinski definition) is 2. The first kappa shape index (κ1) is 42.9. The van der Waals surface area contributed by atoms with Crippen molar-refractivity contribution in [3.05, 3.63) is 64.1 Å². The van der Waals surface area contributed by atoms with Crippen LogP contribution in [0.5, 0.6) is 5.75 Å². The van der Waals surface area contributed by atoms with E-state index >= 15 is 0 Å². The Bertz CT molecular complexity index is 927. The van der Waals surface area contributed by atoms with Gasteiger partial charge in [0.05, 0.1) is 12.8 Å². The Morgan fingerprint density at radius 2 is 1.24 bits per heavy atom. The van der Waals surface area contributed by atoms with Crippen LogP contribution in [0.4, 0.5) is 0 Å². The Hall–Kier alpha value is -1.24. The summed E-state index contributed by atoms with van der Waals surface area (Å²) in [6, 6.07) is 10.1. The van der Waals surface area contributed by atoms with Gasteiger partial charge in [-0.15, -0.1) is 37.2 Å². The number of pyridine rings is 1. The molecule has 0 bridgehead atoms. The monoisotopic (exact) mass is 647 g/mol. The summed E-state index contributed by atoms with van der Waals surface area (Å²) in [5.41, 5.74) is 8.06. The van der Waals surface area contributed by atoms with Crippen LogP contribution in [0.15, 0.2) is 47.5 Å². The van der Waals surface area contributed by atoms with Gasteiger partial charge >= 0.3 is 0 Å². The minimum absolute atomic E-state index is 0. The highest BCUT2D eigenvalue weighted by atomic mass is 35.5. The van der Waals surface area contributed by atoms with E-state index in [9.17, 15) is 4.79 Å². The van der Waals surface area contributed by atoms with E-state index < -0.39 is 0 Å². The number of ether oxygens (including phenoxy) is 1. The number of rotatable bonds is 25. The average Bonchev–Trinajstić information content (AvgIpc) is 2.95. The second-order valence-corrected chi connectivity index (χ2v) is 11.1. The summed E-state index contributed by atoms with van der Waals surface area (Å²) in [6.07, 6.45) is 26.3. The van der Waals surface area contributed by atoms with Crippen molar-refractivity contribution in [3.63, 3.8) is 0 Å². The van der Waals surface area contributed by atoms with Gasteiger partial charge < -0.3 is 20.4 Å². The van der Waals surface area contributed by atoms with Crippen LogP contribution in [-0.2, 0) is 13.1 Å². The van der Waals surface area contributed by atoms with Gasteiger partial charge in [0.1, 0.15) is 0 Å². The topological polar surface area (TPSA) is 69.3 Å². The summed E-state index contributed by atoms with van der Waals surface area (Å²) in [5.74, 6) is 0.456. The predicted octanol–water partition coefficient (Wildman–Crippen LogP) is 9.24. The molecule has 244 valence electrons. The van der Waals surface area contributed by atoms with Gasteiger partial charge in [0.2, 0.25) is 5.43 Å². The number of benzene rings is 1. The van der Waals surface area contributed by atoms with E-state index in [-0.39, 0.29) is 42.6 Å². The number of nitrogens with zero attached hydrogens (tertiary/aromatic N) is 1. The molecule has 0 amide bonds. The molecule has 1 heterocycles. The highest BCUT2D eigenvalue weighted by Crippen LogP contribution is 2.15. The largest absolute Gasteiger partial charge is 0.488 e. The van der Waals surface area contributed by atoms with Crippen molar-refractivity contribution in [1.29, 1.82) is 0 Å². The van der Waals surface area contributed by atoms with Gasteiger partial charge in [0, 0.05) is 25.4 Å². The Morgan fingerprint density at radius 3 is 1.79 bits per heavy atom. The maximum Gasteiger partial charge on any atom is 0.223 e. The fourth-order valence-electron chi connectivity index (χ4n) is 5.07. The maximum absolute atomic E-state index is 12.3. The first-order valence-electron chi connectivity index (χ1n) is 16.0. The Labute approximate surface area is 275 Å². The van der Waals surface area contributed by atoms with E-state index in [1.165, 1.54) is 107 Å². The molecule has 0 radical (unpaired) electrons. The third kappa shape index (κ3) is 20.6. The first-order chi connectivity index (χ1) is 19.2. The third-order valence-electron chi connectivity index (χ3n) is 7.54. The Morgan fingerprint density at radius 1 is 0.714 bits per heavy atom. The lowest BCUT2D eigenvalue weighted by atomic mass is 10.0. The molecule has 2 rings (SSSR count). The van der Waals surface area contributed by atoms with E-state index in [2.05, 4.69) is 36.5 Å². The van der Waals surface area contributed by atoms with Gasteiger partial charge in [-0.2, -0.15) is 0 Å². The Kier molecular flexibility index (Phi) is 30.4. The summed E-state index contributed by atoms with van der Waals surface area (Å²) in [6.45, 7) is 6.05. The van der Waals surface area contributed by atoms with Crippen molar-refractivity contribution in [2.75, 3.05) is 19.7 Å². The number of halogens is 3. The minimum Gasteiger partial charge on any atom is -0.488 e. The normalized spacial score (nSPS) is 10.4. The second kappa shape index (κ2) is 29.8. The molecule has 0 unspecified atom stereocenters. The van der Waals surface area contributed by atoms with E-state index in [0.717, 1.165) is 25.9 Å². The van der Waals surface area contributed by atoms with E-state index in [0.29, 0.717) is 25.4 Å². The SMILES string of the molecule is CCCCCCCCCCCCCCCCCCOc1cn(Cc2ccccc2CNCCCN)ccc1=O.Cl.Cl.Cl. The van der Waals surface area contributed by atoms with E-state index in [1.807, 2.05) is 17.0 Å². The second-order valence-electron chi connectivity index (χ2n) is 11.1. The van der Waals surface area contributed by atoms with Crippen molar-refractivity contribution < 1.29 is 4.74 Å². The minimum atomic E-state index is -0.0421. The standard InChI is InChI=1S/C34H57N3O2.3ClH/c1-2-3-4-5-6-7-8-9-10-11-12-13-14-15-16-19-27-39-34-30-37(26-23-33(34)38)29-32-22-18-17-21-31(32)28-36-25-20-24-35;;;/h17-18,21-23,26,30,36H,2-16,19-20,24-25,27-29,35H2,1H3;3*1H. The molecule has 3 N–H and O–H groups in total. The van der Waals surface area contributed by atoms with Crippen molar-refractivity contribution in [3.8, 4) is 5.75 Å². The molecular formula is C34H60Cl3N3O2. The first-order valence-corrected chi connectivity index (χ1v) is 16.0. The van der Waals surface area contributed by atoms with Crippen LogP contribution in [0.2, 0.25) is 0 Å². The average molecular weight is 649 g/mol. The summed E-state index contributed by atoms with van der Waals surface area (Å²) < 4.78 is 7.94. The van der Waals surface area contributed by atoms with Gasteiger partial charge in [-0.05, 0) is 37.1 Å². The van der Waals surface area contributed by atoms with Gasteiger partial charge in [0.15, 0.2) is 5.75 Å². The number of nitrogens with two attached hydrogens (primary N) is 1. The number of unbranched alkanes of at least 4 members (excludes halogenated alkanes) is 15. The van der Waals surface area contributed by atoms with Crippen LogP contribution in [0.1, 0.15) is 127 Å². The summed E-state index contributed by atoms with van der Waals surface area (Å²) in [5, 5.41) is 3.46. The molecule has 8 heteroatoms. The number of aromatic nitrogens is 1. The quantitative estimate of drug-likeness (QED) is 0.105. The number of hydrogen-bond acceptors (Lipinski definition) is 4. The lowest BCUT2D eigenvalue weighted by molar-refractivity contribution is 0.299. The molecule has 0 fully saturated rings. The van der Waals surface area contributed by atoms with Gasteiger partial charge in [-0.3, -0.25) is 4.79 Å². The molecular weight excluding hydrogens is 589 g/mol. The zero-order valence-electron chi connectivity index (χ0n) is 26.2. The lowest BCUT2D eigenvalue weighted by Crippen LogP contribution is -2.19. The maximum atomic E-state index is 12.3. The van der Waals surface area contributed by atoms with Crippen LogP contribution in [0.3, 0.4) is 0 Å². The van der Waals surface area contributed by atoms with Gasteiger partial charge in [0.25, 0.3) is 0 Å². The summed E-state index contributed by atoms with van der Waals surface area (Å²) in [4.78, 5) is 12.3. The number of nitrogens with one attached hydrogen (secondary N) is 1. The summed E-state index contributed by atoms with van der Waals surface area (Å²) >= 11 is 0. The molecule has 1 aromatic heterocycles. The molecule has 5 nitrogen and oxygen atoms in total. The molecule has 0 atom stereocenters. The van der Waals surface area contributed by atoms with Crippen LogP contribution >= 0.6 is 37.2 Å². The van der Waals surface area contributed by atoms with Gasteiger partial charge in [-0.25, -0.2) is 0 Å². The molecule has 0 aliphatic rings. The van der Waals surface area contributed by atoms with Gasteiger partial charge in [-0.1, -0.05) is 128 Å². The fraction of sp³-hybridized carbons (Fsp3) is 0.676. The molecule has 1 aromatic carbocycles. The molecule has 0 aliphatic heterocycles. The molecule has 42 heavy (non-hydrogen) atoms. The third-order valence-corrected chi connectivity index (χ3v) is 7.54. The smallest absolute Gasteiger partial charge is 0.223 e. The Balaban J connectivity index is 0. The highest BCUT2D eigenvalue weighted by Gasteiger charge is 2.06. The van der Waals surface area contributed by atoms with Crippen LogP contribution < -0.4 is 21.2 Å². The molecule has 0 aliphatic carbocycles. The molecule has 0 saturated carbocycles. The van der Waals surface area contributed by atoms with Crippen molar-refractivity contribution in [1.82, 2.24) is 9.88 Å². The van der Waals surface area contributed by atoms with Crippen molar-refractivity contribution in [2.45, 2.75) is 129 Å². The van der Waals surface area contributed by atoms with E-state index in [1.54, 1.807) is 6.07 Å².